The molecular formula is C43H26N2O3. The molecule has 0 fully saturated rings. The number of rotatable bonds is 5. The summed E-state index contributed by atoms with van der Waals surface area (Å²) in [5.41, 5.74) is 11.0. The lowest BCUT2D eigenvalue weighted by atomic mass is 10.0. The molecule has 7 aromatic carbocycles. The zero-order chi connectivity index (χ0) is 31.6. The number of para-hydroxylation sites is 1. The van der Waals surface area contributed by atoms with Gasteiger partial charge in [0.25, 0.3) is 0 Å². The smallest absolute Gasteiger partial charge is 0.227 e. The predicted octanol–water partition coefficient (Wildman–Crippen LogP) is 12.4. The van der Waals surface area contributed by atoms with E-state index >= 15 is 0 Å². The highest BCUT2D eigenvalue weighted by atomic mass is 16.4. The fourth-order valence-electron chi connectivity index (χ4n) is 6.88. The molecule has 226 valence electrons. The van der Waals surface area contributed by atoms with Gasteiger partial charge in [0.15, 0.2) is 5.58 Å². The molecule has 0 bridgehead atoms. The van der Waals surface area contributed by atoms with Crippen molar-refractivity contribution in [3.8, 4) is 22.6 Å². The van der Waals surface area contributed by atoms with E-state index < -0.39 is 0 Å². The van der Waals surface area contributed by atoms with Gasteiger partial charge in [0.2, 0.25) is 5.89 Å². The van der Waals surface area contributed by atoms with Gasteiger partial charge in [-0.25, -0.2) is 4.98 Å². The monoisotopic (exact) mass is 618 g/mol. The van der Waals surface area contributed by atoms with Gasteiger partial charge in [0, 0.05) is 27.7 Å². The van der Waals surface area contributed by atoms with Crippen LogP contribution in [0.4, 0.5) is 17.1 Å². The van der Waals surface area contributed by atoms with E-state index in [0.29, 0.717) is 11.5 Å². The molecule has 0 saturated carbocycles. The second-order valence-corrected chi connectivity index (χ2v) is 12.0. The van der Waals surface area contributed by atoms with E-state index in [2.05, 4.69) is 89.8 Å². The standard InChI is InChI=1S/C43H26N2O3/c1-3-10-27(11-4-1)28-18-20-30(21-19-28)45(35-15-9-17-38-40(35)32-14-7-8-16-36(32)46-38)31-22-24-37-33(26-31)41-39(47-37)25-23-34-42(41)48-43(44-34)29-12-5-2-6-13-29/h1-26H. The van der Waals surface area contributed by atoms with Crippen molar-refractivity contribution >= 4 is 72.0 Å². The summed E-state index contributed by atoms with van der Waals surface area (Å²) < 4.78 is 19.2. The molecule has 10 aromatic rings. The second kappa shape index (κ2) is 10.5. The molecule has 0 unspecified atom stereocenters. The Morgan fingerprint density at radius 3 is 1.85 bits per heavy atom. The first-order valence-electron chi connectivity index (χ1n) is 16.0. The highest BCUT2D eigenvalue weighted by Gasteiger charge is 2.22. The summed E-state index contributed by atoms with van der Waals surface area (Å²) in [6, 6.07) is 53.9. The third kappa shape index (κ3) is 4.15. The van der Waals surface area contributed by atoms with E-state index in [1.54, 1.807) is 0 Å². The fraction of sp³-hybridized carbons (Fsp3) is 0. The largest absolute Gasteiger partial charge is 0.456 e. The highest BCUT2D eigenvalue weighted by molar-refractivity contribution is 6.18. The Morgan fingerprint density at radius 2 is 1.04 bits per heavy atom. The van der Waals surface area contributed by atoms with Gasteiger partial charge in [-0.1, -0.05) is 84.9 Å². The Kier molecular flexibility index (Phi) is 5.81. The minimum absolute atomic E-state index is 0.585. The van der Waals surface area contributed by atoms with Crippen molar-refractivity contribution < 1.29 is 13.3 Å². The zero-order valence-electron chi connectivity index (χ0n) is 25.6. The van der Waals surface area contributed by atoms with Crippen molar-refractivity contribution in [2.45, 2.75) is 0 Å². The van der Waals surface area contributed by atoms with Gasteiger partial charge in [-0.3, -0.25) is 0 Å². The fourth-order valence-corrected chi connectivity index (χ4v) is 6.88. The normalized spacial score (nSPS) is 11.8. The molecule has 0 aliphatic heterocycles. The van der Waals surface area contributed by atoms with Crippen LogP contribution in [0, 0.1) is 0 Å². The van der Waals surface area contributed by atoms with Crippen molar-refractivity contribution in [2.24, 2.45) is 0 Å². The lowest BCUT2D eigenvalue weighted by molar-refractivity contribution is 0.622. The van der Waals surface area contributed by atoms with Crippen molar-refractivity contribution in [3.05, 3.63) is 158 Å². The third-order valence-corrected chi connectivity index (χ3v) is 9.10. The lowest BCUT2D eigenvalue weighted by Gasteiger charge is -2.26. The van der Waals surface area contributed by atoms with Crippen molar-refractivity contribution in [1.82, 2.24) is 4.98 Å². The van der Waals surface area contributed by atoms with E-state index in [9.17, 15) is 0 Å². The maximum atomic E-state index is 6.46. The van der Waals surface area contributed by atoms with Gasteiger partial charge in [-0.2, -0.15) is 0 Å². The molecule has 5 heteroatoms. The van der Waals surface area contributed by atoms with Gasteiger partial charge >= 0.3 is 0 Å². The van der Waals surface area contributed by atoms with Crippen LogP contribution in [0.1, 0.15) is 0 Å². The van der Waals surface area contributed by atoms with Crippen LogP contribution in [0.3, 0.4) is 0 Å². The van der Waals surface area contributed by atoms with Crippen LogP contribution in [0.15, 0.2) is 171 Å². The number of benzene rings is 7. The molecule has 0 aliphatic carbocycles. The highest BCUT2D eigenvalue weighted by Crippen LogP contribution is 2.45. The molecular weight excluding hydrogens is 592 g/mol. The van der Waals surface area contributed by atoms with Crippen LogP contribution < -0.4 is 4.90 Å². The van der Waals surface area contributed by atoms with Crippen LogP contribution in [0.25, 0.3) is 77.6 Å². The van der Waals surface area contributed by atoms with E-state index in [4.69, 9.17) is 18.2 Å². The zero-order valence-corrected chi connectivity index (χ0v) is 25.6. The number of anilines is 3. The Hall–Kier alpha value is -6.59. The molecule has 0 amide bonds. The molecule has 0 radical (unpaired) electrons. The molecule has 3 heterocycles. The number of fused-ring (bicyclic) bond motifs is 8. The summed E-state index contributed by atoms with van der Waals surface area (Å²) in [6.07, 6.45) is 0. The molecule has 0 aliphatic rings. The average molecular weight is 619 g/mol. The number of furan rings is 2. The molecule has 0 N–H and O–H groups in total. The lowest BCUT2D eigenvalue weighted by Crippen LogP contribution is -2.10. The number of nitrogens with zero attached hydrogens (tertiary/aromatic N) is 2. The topological polar surface area (TPSA) is 55.6 Å². The minimum atomic E-state index is 0.585. The minimum Gasteiger partial charge on any atom is -0.456 e. The van der Waals surface area contributed by atoms with Crippen LogP contribution >= 0.6 is 0 Å². The molecule has 10 rings (SSSR count). The number of aromatic nitrogens is 1. The van der Waals surface area contributed by atoms with Gasteiger partial charge in [0.05, 0.1) is 16.5 Å². The number of oxazole rings is 1. The van der Waals surface area contributed by atoms with Crippen molar-refractivity contribution in [2.75, 3.05) is 4.90 Å². The summed E-state index contributed by atoms with van der Waals surface area (Å²) in [6.45, 7) is 0. The summed E-state index contributed by atoms with van der Waals surface area (Å²) in [5, 5.41) is 3.99. The summed E-state index contributed by atoms with van der Waals surface area (Å²) in [4.78, 5) is 7.13. The quantitative estimate of drug-likeness (QED) is 0.192. The Balaban J connectivity index is 1.21. The molecule has 0 atom stereocenters. The molecule has 3 aromatic heterocycles. The maximum absolute atomic E-state index is 6.46. The summed E-state index contributed by atoms with van der Waals surface area (Å²) in [7, 11) is 0. The second-order valence-electron chi connectivity index (χ2n) is 12.0. The summed E-state index contributed by atoms with van der Waals surface area (Å²) >= 11 is 0. The van der Waals surface area contributed by atoms with Crippen molar-refractivity contribution in [3.63, 3.8) is 0 Å². The molecule has 5 nitrogen and oxygen atoms in total. The van der Waals surface area contributed by atoms with E-state index in [1.807, 2.05) is 72.8 Å². The van der Waals surface area contributed by atoms with Gasteiger partial charge < -0.3 is 18.2 Å². The van der Waals surface area contributed by atoms with Gasteiger partial charge in [-0.15, -0.1) is 0 Å². The van der Waals surface area contributed by atoms with E-state index in [-0.39, 0.29) is 0 Å². The first-order valence-corrected chi connectivity index (χ1v) is 16.0. The first kappa shape index (κ1) is 26.6. The van der Waals surface area contributed by atoms with Gasteiger partial charge in [0.1, 0.15) is 27.8 Å². The molecule has 0 saturated heterocycles. The maximum Gasteiger partial charge on any atom is 0.227 e. The Bertz CT molecular complexity index is 2770. The SMILES string of the molecule is c1ccc(-c2ccc(N(c3ccc4oc5ccc6nc(-c7ccccc7)oc6c5c4c3)c3cccc4oc5ccccc5c34)cc2)cc1. The van der Waals surface area contributed by atoms with Gasteiger partial charge in [-0.05, 0) is 83.9 Å². The van der Waals surface area contributed by atoms with Crippen molar-refractivity contribution in [1.29, 1.82) is 0 Å². The van der Waals surface area contributed by atoms with Crippen LogP contribution in [0.2, 0.25) is 0 Å². The molecule has 48 heavy (non-hydrogen) atoms. The Morgan fingerprint density at radius 1 is 0.417 bits per heavy atom. The van der Waals surface area contributed by atoms with E-state index in [0.717, 1.165) is 77.6 Å². The van der Waals surface area contributed by atoms with Crippen LogP contribution in [0.5, 0.6) is 0 Å². The first-order chi connectivity index (χ1) is 23.8. The van der Waals surface area contributed by atoms with Crippen LogP contribution in [-0.4, -0.2) is 4.98 Å². The summed E-state index contributed by atoms with van der Waals surface area (Å²) in [5.74, 6) is 0.585. The Labute approximate surface area is 274 Å². The van der Waals surface area contributed by atoms with E-state index in [1.165, 1.54) is 5.56 Å². The van der Waals surface area contributed by atoms with Crippen LogP contribution in [-0.2, 0) is 0 Å². The predicted molar refractivity (Wildman–Crippen MR) is 194 cm³/mol. The number of hydrogen-bond acceptors (Lipinski definition) is 5. The number of hydrogen-bond donors (Lipinski definition) is 0. The molecule has 0 spiro atoms. The third-order valence-electron chi connectivity index (χ3n) is 9.10. The average Bonchev–Trinajstić information content (AvgIpc) is 3.86.